The highest BCUT2D eigenvalue weighted by Gasteiger charge is 2.11. The van der Waals surface area contributed by atoms with Crippen molar-refractivity contribution < 1.29 is 0 Å². The van der Waals surface area contributed by atoms with Crippen molar-refractivity contribution in [3.8, 4) is 0 Å². The molecule has 4 heteroatoms. The molecule has 0 unspecified atom stereocenters. The normalized spacial score (nSPS) is 12.6. The van der Waals surface area contributed by atoms with Crippen molar-refractivity contribution in [2.24, 2.45) is 5.73 Å². The predicted octanol–water partition coefficient (Wildman–Crippen LogP) is 3.83. The highest BCUT2D eigenvalue weighted by Crippen LogP contribution is 2.34. The first-order valence-electron chi connectivity index (χ1n) is 3.59. The van der Waals surface area contributed by atoms with E-state index in [9.17, 15) is 0 Å². The van der Waals surface area contributed by atoms with Crippen LogP contribution in [-0.4, -0.2) is 0 Å². The Bertz CT molecular complexity index is 336. The van der Waals surface area contributed by atoms with Gasteiger partial charge < -0.3 is 5.73 Å². The highest BCUT2D eigenvalue weighted by molar-refractivity contribution is 6.48. The van der Waals surface area contributed by atoms with Crippen LogP contribution in [0.15, 0.2) is 24.8 Å². The monoisotopic (exact) mass is 235 g/mol. The molecule has 0 amide bonds. The second kappa shape index (κ2) is 4.34. The fraction of sp³-hybridized carbons (Fsp3) is 0.111. The van der Waals surface area contributed by atoms with Crippen LogP contribution in [-0.2, 0) is 0 Å². The lowest BCUT2D eigenvalue weighted by molar-refractivity contribution is 0.915. The molecular weight excluding hydrogens is 228 g/mol. The predicted molar refractivity (Wildman–Crippen MR) is 58.6 cm³/mol. The summed E-state index contributed by atoms with van der Waals surface area (Å²) in [6, 6.07) is 3.08. The van der Waals surface area contributed by atoms with Crippen molar-refractivity contribution in [3.63, 3.8) is 0 Å². The highest BCUT2D eigenvalue weighted by atomic mass is 35.5. The molecule has 0 aliphatic heterocycles. The average molecular weight is 237 g/mol. The summed E-state index contributed by atoms with van der Waals surface area (Å²) in [6.45, 7) is 3.57. The summed E-state index contributed by atoms with van der Waals surface area (Å²) >= 11 is 17.5. The second-order valence-corrected chi connectivity index (χ2v) is 3.69. The molecular formula is C9H8Cl3N. The number of hydrogen-bond donors (Lipinski definition) is 1. The molecule has 0 bridgehead atoms. The first-order chi connectivity index (χ1) is 6.07. The van der Waals surface area contributed by atoms with E-state index in [1.54, 1.807) is 18.2 Å². The Morgan fingerprint density at radius 3 is 2.38 bits per heavy atom. The van der Waals surface area contributed by atoms with Crippen molar-refractivity contribution in [3.05, 3.63) is 45.4 Å². The van der Waals surface area contributed by atoms with Gasteiger partial charge in [0.05, 0.1) is 15.1 Å². The van der Waals surface area contributed by atoms with Gasteiger partial charge in [-0.1, -0.05) is 46.9 Å². The third-order valence-corrected chi connectivity index (χ3v) is 2.99. The lowest BCUT2D eigenvalue weighted by atomic mass is 10.1. The van der Waals surface area contributed by atoms with Gasteiger partial charge in [0, 0.05) is 6.04 Å². The van der Waals surface area contributed by atoms with Crippen LogP contribution in [0.1, 0.15) is 11.6 Å². The van der Waals surface area contributed by atoms with Gasteiger partial charge in [-0.25, -0.2) is 0 Å². The zero-order chi connectivity index (χ0) is 10.0. The number of halogens is 3. The van der Waals surface area contributed by atoms with Gasteiger partial charge in [0.2, 0.25) is 0 Å². The third-order valence-electron chi connectivity index (χ3n) is 1.68. The van der Waals surface area contributed by atoms with E-state index >= 15 is 0 Å². The number of hydrogen-bond acceptors (Lipinski definition) is 1. The molecule has 1 aromatic carbocycles. The molecule has 1 rings (SSSR count). The van der Waals surface area contributed by atoms with Crippen molar-refractivity contribution in [1.29, 1.82) is 0 Å². The van der Waals surface area contributed by atoms with Crippen molar-refractivity contribution in [2.75, 3.05) is 0 Å². The summed E-state index contributed by atoms with van der Waals surface area (Å²) in [4.78, 5) is 0. The first-order valence-corrected chi connectivity index (χ1v) is 4.73. The fourth-order valence-electron chi connectivity index (χ4n) is 0.925. The van der Waals surface area contributed by atoms with Gasteiger partial charge in [-0.2, -0.15) is 0 Å². The van der Waals surface area contributed by atoms with Crippen LogP contribution in [0.3, 0.4) is 0 Å². The summed E-state index contributed by atoms with van der Waals surface area (Å²) in [5, 5.41) is 1.14. The molecule has 0 saturated carbocycles. The average Bonchev–Trinajstić information content (AvgIpc) is 2.13. The molecule has 0 saturated heterocycles. The van der Waals surface area contributed by atoms with Crippen molar-refractivity contribution in [2.45, 2.75) is 6.04 Å². The molecule has 0 fully saturated rings. The number of benzene rings is 1. The van der Waals surface area contributed by atoms with E-state index in [4.69, 9.17) is 40.5 Å². The van der Waals surface area contributed by atoms with E-state index in [-0.39, 0.29) is 6.04 Å². The molecule has 1 aromatic rings. The molecule has 1 nitrogen and oxygen atoms in total. The minimum atomic E-state index is -0.317. The molecule has 0 aliphatic carbocycles. The Kier molecular flexibility index (Phi) is 3.63. The second-order valence-electron chi connectivity index (χ2n) is 2.53. The summed E-state index contributed by atoms with van der Waals surface area (Å²) in [7, 11) is 0. The summed E-state index contributed by atoms with van der Waals surface area (Å²) in [5.74, 6) is 0. The lowest BCUT2D eigenvalue weighted by Gasteiger charge is -2.10. The Labute approximate surface area is 92.1 Å². The SMILES string of the molecule is C=C[C@@H](N)c1ccc(Cl)c(Cl)c1Cl. The molecule has 1 atom stereocenters. The van der Waals surface area contributed by atoms with Crippen molar-refractivity contribution in [1.82, 2.24) is 0 Å². The van der Waals surface area contributed by atoms with Crippen LogP contribution in [0.2, 0.25) is 15.1 Å². The molecule has 0 heterocycles. The van der Waals surface area contributed by atoms with E-state index in [1.807, 2.05) is 0 Å². The van der Waals surface area contributed by atoms with Gasteiger partial charge in [0.25, 0.3) is 0 Å². The Morgan fingerprint density at radius 2 is 1.85 bits per heavy atom. The molecule has 70 valence electrons. The zero-order valence-corrected chi connectivity index (χ0v) is 9.00. The molecule has 0 aromatic heterocycles. The fourth-order valence-corrected chi connectivity index (χ4v) is 1.59. The molecule has 0 spiro atoms. The van der Waals surface area contributed by atoms with Crippen LogP contribution in [0.25, 0.3) is 0 Å². The van der Waals surface area contributed by atoms with Crippen LogP contribution >= 0.6 is 34.8 Å². The van der Waals surface area contributed by atoms with Crippen molar-refractivity contribution >= 4 is 34.8 Å². The maximum absolute atomic E-state index is 5.93. The van der Waals surface area contributed by atoms with E-state index in [0.29, 0.717) is 15.1 Å². The maximum Gasteiger partial charge on any atom is 0.0782 e. The minimum Gasteiger partial charge on any atom is -0.321 e. The zero-order valence-electron chi connectivity index (χ0n) is 6.73. The van der Waals surface area contributed by atoms with Gasteiger partial charge in [-0.05, 0) is 11.6 Å². The standard InChI is InChI=1S/C9H8Cl3N/c1-2-7(13)5-3-4-6(10)9(12)8(5)11/h2-4,7H,1,13H2/t7-/m1/s1. The molecule has 0 aliphatic rings. The lowest BCUT2D eigenvalue weighted by Crippen LogP contribution is -2.07. The summed E-state index contributed by atoms with van der Waals surface area (Å²) < 4.78 is 0. The van der Waals surface area contributed by atoms with Gasteiger partial charge in [-0.3, -0.25) is 0 Å². The molecule has 0 radical (unpaired) electrons. The Balaban J connectivity index is 3.25. The first kappa shape index (κ1) is 10.9. The van der Waals surface area contributed by atoms with Crippen LogP contribution in [0.5, 0.6) is 0 Å². The van der Waals surface area contributed by atoms with Crippen LogP contribution in [0.4, 0.5) is 0 Å². The topological polar surface area (TPSA) is 26.0 Å². The van der Waals surface area contributed by atoms with Gasteiger partial charge in [0.15, 0.2) is 0 Å². The summed E-state index contributed by atoms with van der Waals surface area (Å²) in [6.07, 6.45) is 1.59. The van der Waals surface area contributed by atoms with E-state index in [1.165, 1.54) is 0 Å². The largest absolute Gasteiger partial charge is 0.321 e. The van der Waals surface area contributed by atoms with E-state index in [2.05, 4.69) is 6.58 Å². The van der Waals surface area contributed by atoms with Crippen LogP contribution in [0, 0.1) is 0 Å². The van der Waals surface area contributed by atoms with Gasteiger partial charge in [-0.15, -0.1) is 6.58 Å². The van der Waals surface area contributed by atoms with E-state index < -0.39 is 0 Å². The number of nitrogens with two attached hydrogens (primary N) is 1. The quantitative estimate of drug-likeness (QED) is 0.613. The smallest absolute Gasteiger partial charge is 0.0782 e. The third kappa shape index (κ3) is 2.18. The summed E-state index contributed by atoms with van der Waals surface area (Å²) in [5.41, 5.74) is 6.44. The van der Waals surface area contributed by atoms with E-state index in [0.717, 1.165) is 5.56 Å². The van der Waals surface area contributed by atoms with Crippen LogP contribution < -0.4 is 5.73 Å². The maximum atomic E-state index is 5.93. The minimum absolute atomic E-state index is 0.317. The molecule has 2 N–H and O–H groups in total. The van der Waals surface area contributed by atoms with Gasteiger partial charge >= 0.3 is 0 Å². The Hall–Kier alpha value is -0.210. The Morgan fingerprint density at radius 1 is 1.23 bits per heavy atom. The van der Waals surface area contributed by atoms with Gasteiger partial charge in [0.1, 0.15) is 0 Å². The number of rotatable bonds is 2. The molecule has 13 heavy (non-hydrogen) atoms.